The van der Waals surface area contributed by atoms with E-state index in [1.807, 2.05) is 23.6 Å². The summed E-state index contributed by atoms with van der Waals surface area (Å²) in [7, 11) is 0. The van der Waals surface area contributed by atoms with Gasteiger partial charge in [-0.2, -0.15) is 10.2 Å². The number of thiophene rings is 2. The lowest BCUT2D eigenvalue weighted by molar-refractivity contribution is 0.425. The fourth-order valence-corrected chi connectivity index (χ4v) is 2.93. The molecule has 3 aromatic rings. The maximum absolute atomic E-state index is 8.77. The third kappa shape index (κ3) is 2.18. The third-order valence-corrected chi connectivity index (χ3v) is 4.16. The van der Waals surface area contributed by atoms with Gasteiger partial charge in [-0.05, 0) is 23.6 Å². The molecule has 0 saturated heterocycles. The van der Waals surface area contributed by atoms with E-state index in [0.29, 0.717) is 23.0 Å². The van der Waals surface area contributed by atoms with Gasteiger partial charge < -0.3 is 4.52 Å². The molecule has 0 aromatic carbocycles. The van der Waals surface area contributed by atoms with Crippen molar-refractivity contribution in [3.63, 3.8) is 0 Å². The lowest BCUT2D eigenvalue weighted by Crippen LogP contribution is -1.86. The van der Waals surface area contributed by atoms with Crippen LogP contribution in [-0.4, -0.2) is 10.1 Å². The van der Waals surface area contributed by atoms with Gasteiger partial charge in [0.25, 0.3) is 5.89 Å². The quantitative estimate of drug-likeness (QED) is 0.734. The van der Waals surface area contributed by atoms with E-state index in [9.17, 15) is 0 Å². The maximum Gasteiger partial charge on any atom is 0.268 e. The zero-order valence-corrected chi connectivity index (χ0v) is 10.8. The Bertz CT molecular complexity index is 691. The highest BCUT2D eigenvalue weighted by atomic mass is 32.1. The molecular formula is C12H7N3OS2. The van der Waals surface area contributed by atoms with Crippen LogP contribution in [0.25, 0.3) is 10.8 Å². The lowest BCUT2D eigenvalue weighted by Gasteiger charge is -1.87. The summed E-state index contributed by atoms with van der Waals surface area (Å²) in [6.07, 6.45) is 0.678. The molecule has 0 aliphatic rings. The van der Waals surface area contributed by atoms with Crippen molar-refractivity contribution in [2.75, 3.05) is 0 Å². The summed E-state index contributed by atoms with van der Waals surface area (Å²) in [6, 6.07) is 9.71. The molecule has 0 atom stereocenters. The Balaban J connectivity index is 1.83. The average Bonchev–Trinajstić information content (AvgIpc) is 3.09. The minimum Gasteiger partial charge on any atom is -0.333 e. The van der Waals surface area contributed by atoms with Gasteiger partial charge in [-0.1, -0.05) is 11.2 Å². The van der Waals surface area contributed by atoms with E-state index in [2.05, 4.69) is 16.2 Å². The number of hydrogen-bond acceptors (Lipinski definition) is 6. The molecule has 0 amide bonds. The van der Waals surface area contributed by atoms with Crippen molar-refractivity contribution in [3.8, 4) is 16.8 Å². The van der Waals surface area contributed by atoms with E-state index in [-0.39, 0.29) is 0 Å². The fraction of sp³-hybridized carbons (Fsp3) is 0.0833. The van der Waals surface area contributed by atoms with Crippen molar-refractivity contribution < 1.29 is 4.52 Å². The summed E-state index contributed by atoms with van der Waals surface area (Å²) >= 11 is 3.02. The fourth-order valence-electron chi connectivity index (χ4n) is 1.51. The first-order valence-electron chi connectivity index (χ1n) is 5.20. The van der Waals surface area contributed by atoms with Crippen molar-refractivity contribution in [1.82, 2.24) is 10.1 Å². The lowest BCUT2D eigenvalue weighted by atomic mass is 10.3. The van der Waals surface area contributed by atoms with Crippen LogP contribution in [0.4, 0.5) is 0 Å². The molecule has 0 bridgehead atoms. The Hall–Kier alpha value is -1.97. The van der Waals surface area contributed by atoms with Gasteiger partial charge in [0, 0.05) is 11.3 Å². The summed E-state index contributed by atoms with van der Waals surface area (Å²) < 4.78 is 5.20. The van der Waals surface area contributed by atoms with Crippen LogP contribution in [0.5, 0.6) is 0 Å². The monoisotopic (exact) mass is 273 g/mol. The molecule has 0 unspecified atom stereocenters. The van der Waals surface area contributed by atoms with Gasteiger partial charge in [-0.3, -0.25) is 0 Å². The highest BCUT2D eigenvalue weighted by molar-refractivity contribution is 7.15. The zero-order valence-electron chi connectivity index (χ0n) is 9.16. The Labute approximate surface area is 111 Å². The van der Waals surface area contributed by atoms with Gasteiger partial charge in [-0.15, -0.1) is 22.7 Å². The predicted octanol–water partition coefficient (Wildman–Crippen LogP) is 3.32. The second-order valence-electron chi connectivity index (χ2n) is 3.55. The molecule has 0 saturated carbocycles. The summed E-state index contributed by atoms with van der Waals surface area (Å²) in [5.41, 5.74) is 0. The first-order chi connectivity index (χ1) is 8.85. The SMILES string of the molecule is N#Cc1ccc(-c2nc(Cc3cccs3)no2)s1. The largest absolute Gasteiger partial charge is 0.333 e. The predicted molar refractivity (Wildman–Crippen MR) is 69.5 cm³/mol. The first-order valence-corrected chi connectivity index (χ1v) is 6.90. The first kappa shape index (κ1) is 11.1. The van der Waals surface area contributed by atoms with Crippen LogP contribution >= 0.6 is 22.7 Å². The molecule has 0 spiro atoms. The molecule has 88 valence electrons. The molecule has 0 aliphatic heterocycles. The summed E-state index contributed by atoms with van der Waals surface area (Å²) in [4.78, 5) is 7.00. The van der Waals surface area contributed by atoms with Crippen LogP contribution in [0, 0.1) is 11.3 Å². The van der Waals surface area contributed by atoms with Crippen LogP contribution in [0.15, 0.2) is 34.2 Å². The van der Waals surface area contributed by atoms with Gasteiger partial charge in [-0.25, -0.2) is 0 Å². The molecule has 3 heterocycles. The molecule has 0 radical (unpaired) electrons. The van der Waals surface area contributed by atoms with Crippen LogP contribution < -0.4 is 0 Å². The van der Waals surface area contributed by atoms with Crippen LogP contribution in [0.3, 0.4) is 0 Å². The number of nitrogens with zero attached hydrogens (tertiary/aromatic N) is 3. The van der Waals surface area contributed by atoms with E-state index >= 15 is 0 Å². The van der Waals surface area contributed by atoms with Crippen LogP contribution in [-0.2, 0) is 6.42 Å². The van der Waals surface area contributed by atoms with E-state index < -0.39 is 0 Å². The van der Waals surface area contributed by atoms with E-state index in [0.717, 1.165) is 4.88 Å². The Kier molecular flexibility index (Phi) is 2.92. The van der Waals surface area contributed by atoms with Crippen molar-refractivity contribution >= 4 is 22.7 Å². The van der Waals surface area contributed by atoms with Crippen molar-refractivity contribution in [2.24, 2.45) is 0 Å². The van der Waals surface area contributed by atoms with Gasteiger partial charge >= 0.3 is 0 Å². The van der Waals surface area contributed by atoms with Gasteiger partial charge in [0.05, 0.1) is 4.88 Å². The smallest absolute Gasteiger partial charge is 0.268 e. The molecular weight excluding hydrogens is 266 g/mol. The van der Waals surface area contributed by atoms with E-state index in [4.69, 9.17) is 9.78 Å². The van der Waals surface area contributed by atoms with Gasteiger partial charge in [0.15, 0.2) is 5.82 Å². The highest BCUT2D eigenvalue weighted by Crippen LogP contribution is 2.26. The molecule has 4 nitrogen and oxygen atoms in total. The minimum absolute atomic E-state index is 0.480. The Morgan fingerprint density at radius 1 is 1.33 bits per heavy atom. The van der Waals surface area contributed by atoms with Crippen molar-refractivity contribution in [3.05, 3.63) is 45.2 Å². The van der Waals surface area contributed by atoms with E-state index in [1.165, 1.54) is 16.2 Å². The molecule has 3 aromatic heterocycles. The number of nitriles is 1. The summed E-state index contributed by atoms with van der Waals surface area (Å²) in [6.45, 7) is 0. The Morgan fingerprint density at radius 2 is 2.28 bits per heavy atom. The zero-order chi connectivity index (χ0) is 12.4. The van der Waals surface area contributed by atoms with Gasteiger partial charge in [0.2, 0.25) is 0 Å². The Morgan fingerprint density at radius 3 is 3.00 bits per heavy atom. The molecule has 0 aliphatic carbocycles. The summed E-state index contributed by atoms with van der Waals surface area (Å²) in [5.74, 6) is 1.15. The van der Waals surface area contributed by atoms with Crippen molar-refractivity contribution in [1.29, 1.82) is 5.26 Å². The second kappa shape index (κ2) is 4.72. The number of rotatable bonds is 3. The minimum atomic E-state index is 0.480. The van der Waals surface area contributed by atoms with Gasteiger partial charge in [0.1, 0.15) is 10.9 Å². The van der Waals surface area contributed by atoms with Crippen molar-refractivity contribution in [2.45, 2.75) is 6.42 Å². The molecule has 0 fully saturated rings. The van der Waals surface area contributed by atoms with E-state index in [1.54, 1.807) is 17.4 Å². The van der Waals surface area contributed by atoms with Crippen LogP contribution in [0.2, 0.25) is 0 Å². The second-order valence-corrected chi connectivity index (χ2v) is 5.66. The normalized spacial score (nSPS) is 10.4. The number of aromatic nitrogens is 2. The number of hydrogen-bond donors (Lipinski definition) is 0. The third-order valence-electron chi connectivity index (χ3n) is 2.31. The molecule has 18 heavy (non-hydrogen) atoms. The van der Waals surface area contributed by atoms with Crippen LogP contribution in [0.1, 0.15) is 15.6 Å². The summed E-state index contributed by atoms with van der Waals surface area (Å²) in [5, 5.41) is 14.7. The molecule has 0 N–H and O–H groups in total. The maximum atomic E-state index is 8.77. The topological polar surface area (TPSA) is 62.7 Å². The molecule has 6 heteroatoms. The average molecular weight is 273 g/mol. The standard InChI is InChI=1S/C12H7N3OS2/c13-7-9-3-4-10(18-9)12-14-11(15-16-12)6-8-2-1-5-17-8/h1-5H,6H2. The highest BCUT2D eigenvalue weighted by Gasteiger charge is 2.11. The molecule has 3 rings (SSSR count).